The van der Waals surface area contributed by atoms with E-state index in [1.807, 2.05) is 4.90 Å². The third-order valence-electron chi connectivity index (χ3n) is 2.34. The molecule has 0 rings (SSSR count). The number of unbranched alkanes of at least 4 members (excludes halogenated alkanes) is 2. The smallest absolute Gasteiger partial charge is 0.222 e. The summed E-state index contributed by atoms with van der Waals surface area (Å²) in [6.45, 7) is 11.0. The van der Waals surface area contributed by atoms with Gasteiger partial charge in [-0.3, -0.25) is 4.79 Å². The average molecular weight is 198 g/mol. The van der Waals surface area contributed by atoms with Crippen molar-refractivity contribution in [2.75, 3.05) is 6.54 Å². The molecule has 1 amide bonds. The molecule has 0 aromatic heterocycles. The maximum atomic E-state index is 11.7. The third kappa shape index (κ3) is 5.25. The van der Waals surface area contributed by atoms with Crippen molar-refractivity contribution in [3.8, 4) is 0 Å². The van der Waals surface area contributed by atoms with Gasteiger partial charge in [0.1, 0.15) is 0 Å². The molecule has 0 saturated carbocycles. The van der Waals surface area contributed by atoms with Crippen molar-refractivity contribution in [2.24, 2.45) is 0 Å². The van der Waals surface area contributed by atoms with Gasteiger partial charge in [-0.1, -0.05) is 26.7 Å². The van der Waals surface area contributed by atoms with E-state index in [-0.39, 0.29) is 5.91 Å². The van der Waals surface area contributed by atoms with Crippen LogP contribution in [0.5, 0.6) is 0 Å². The van der Waals surface area contributed by atoms with Gasteiger partial charge >= 0.3 is 0 Å². The number of amides is 1. The lowest BCUT2D eigenvalue weighted by Crippen LogP contribution is -2.37. The first-order valence-electron chi connectivity index (χ1n) is 5.72. The SMILES string of the molecule is [CH2]CCCC(=O)N(CCCC)C(C)C. The molecule has 83 valence electrons. The van der Waals surface area contributed by atoms with E-state index < -0.39 is 0 Å². The van der Waals surface area contributed by atoms with Crippen molar-refractivity contribution in [1.29, 1.82) is 0 Å². The van der Waals surface area contributed by atoms with E-state index in [0.29, 0.717) is 12.5 Å². The van der Waals surface area contributed by atoms with Crippen LogP contribution in [0.2, 0.25) is 0 Å². The molecule has 0 aromatic rings. The average Bonchev–Trinajstić information content (AvgIpc) is 2.14. The van der Waals surface area contributed by atoms with E-state index in [9.17, 15) is 4.79 Å². The van der Waals surface area contributed by atoms with Crippen LogP contribution in [0.25, 0.3) is 0 Å². The fourth-order valence-corrected chi connectivity index (χ4v) is 1.42. The molecule has 0 atom stereocenters. The molecule has 0 aliphatic rings. The zero-order valence-corrected chi connectivity index (χ0v) is 9.88. The summed E-state index contributed by atoms with van der Waals surface area (Å²) in [6, 6.07) is 0.332. The van der Waals surface area contributed by atoms with Crippen molar-refractivity contribution in [3.63, 3.8) is 0 Å². The highest BCUT2D eigenvalue weighted by molar-refractivity contribution is 5.76. The number of hydrogen-bond donors (Lipinski definition) is 0. The molecule has 0 bridgehead atoms. The molecule has 0 fully saturated rings. The Labute approximate surface area is 88.7 Å². The lowest BCUT2D eigenvalue weighted by molar-refractivity contribution is -0.133. The van der Waals surface area contributed by atoms with E-state index in [0.717, 1.165) is 32.2 Å². The van der Waals surface area contributed by atoms with Gasteiger partial charge in [-0.25, -0.2) is 0 Å². The summed E-state index contributed by atoms with van der Waals surface area (Å²) in [7, 11) is 0. The predicted molar refractivity (Wildman–Crippen MR) is 61.0 cm³/mol. The van der Waals surface area contributed by atoms with Crippen LogP contribution in [0, 0.1) is 6.92 Å². The molecule has 0 aliphatic heterocycles. The Balaban J connectivity index is 3.98. The predicted octanol–water partition coefficient (Wildman–Crippen LogP) is 3.03. The Morgan fingerprint density at radius 2 is 2.00 bits per heavy atom. The van der Waals surface area contributed by atoms with Crippen molar-refractivity contribution >= 4 is 5.91 Å². The highest BCUT2D eigenvalue weighted by atomic mass is 16.2. The molecule has 0 N–H and O–H groups in total. The zero-order chi connectivity index (χ0) is 11.0. The van der Waals surface area contributed by atoms with Gasteiger partial charge in [-0.15, -0.1) is 0 Å². The van der Waals surface area contributed by atoms with Crippen LogP contribution in [0.4, 0.5) is 0 Å². The Hall–Kier alpha value is -0.530. The molecule has 0 saturated heterocycles. The summed E-state index contributed by atoms with van der Waals surface area (Å²) in [5.74, 6) is 0.289. The van der Waals surface area contributed by atoms with Gasteiger partial charge in [0.25, 0.3) is 0 Å². The van der Waals surface area contributed by atoms with Crippen LogP contribution in [-0.2, 0) is 4.79 Å². The minimum absolute atomic E-state index is 0.289. The van der Waals surface area contributed by atoms with Crippen LogP contribution in [0.1, 0.15) is 52.9 Å². The van der Waals surface area contributed by atoms with Crippen LogP contribution in [0.15, 0.2) is 0 Å². The lowest BCUT2D eigenvalue weighted by Gasteiger charge is -2.26. The van der Waals surface area contributed by atoms with Crippen LogP contribution in [-0.4, -0.2) is 23.4 Å². The van der Waals surface area contributed by atoms with E-state index in [2.05, 4.69) is 27.7 Å². The number of carbonyl (C=O) groups excluding carboxylic acids is 1. The van der Waals surface area contributed by atoms with Crippen LogP contribution >= 0.6 is 0 Å². The first-order chi connectivity index (χ1) is 6.63. The summed E-state index contributed by atoms with van der Waals surface area (Å²) >= 11 is 0. The molecular weight excluding hydrogens is 174 g/mol. The highest BCUT2D eigenvalue weighted by Gasteiger charge is 2.14. The Morgan fingerprint density at radius 3 is 2.43 bits per heavy atom. The van der Waals surface area contributed by atoms with E-state index in [1.54, 1.807) is 0 Å². The van der Waals surface area contributed by atoms with Gasteiger partial charge in [0, 0.05) is 19.0 Å². The molecule has 14 heavy (non-hydrogen) atoms. The first-order valence-corrected chi connectivity index (χ1v) is 5.72. The molecule has 0 spiro atoms. The second-order valence-electron chi connectivity index (χ2n) is 3.99. The van der Waals surface area contributed by atoms with E-state index in [4.69, 9.17) is 0 Å². The molecule has 1 radical (unpaired) electrons. The maximum absolute atomic E-state index is 11.7. The molecular formula is C12H24NO. The fourth-order valence-electron chi connectivity index (χ4n) is 1.42. The molecule has 2 nitrogen and oxygen atoms in total. The fraction of sp³-hybridized carbons (Fsp3) is 0.833. The van der Waals surface area contributed by atoms with E-state index >= 15 is 0 Å². The summed E-state index contributed by atoms with van der Waals surface area (Å²) in [6.07, 6.45) is 4.67. The van der Waals surface area contributed by atoms with Gasteiger partial charge in [-0.05, 0) is 26.7 Å². The van der Waals surface area contributed by atoms with Gasteiger partial charge < -0.3 is 4.90 Å². The summed E-state index contributed by atoms with van der Waals surface area (Å²) < 4.78 is 0. The van der Waals surface area contributed by atoms with Gasteiger partial charge in [0.05, 0.1) is 0 Å². The number of hydrogen-bond acceptors (Lipinski definition) is 1. The Morgan fingerprint density at radius 1 is 1.36 bits per heavy atom. The topological polar surface area (TPSA) is 20.3 Å². The first kappa shape index (κ1) is 13.5. The van der Waals surface area contributed by atoms with Crippen molar-refractivity contribution in [1.82, 2.24) is 4.90 Å². The molecule has 2 heteroatoms. The summed E-state index contributed by atoms with van der Waals surface area (Å²) in [5.41, 5.74) is 0. The zero-order valence-electron chi connectivity index (χ0n) is 9.88. The Bertz CT molecular complexity index is 154. The van der Waals surface area contributed by atoms with E-state index in [1.165, 1.54) is 0 Å². The van der Waals surface area contributed by atoms with Crippen LogP contribution < -0.4 is 0 Å². The lowest BCUT2D eigenvalue weighted by atomic mass is 10.2. The minimum Gasteiger partial charge on any atom is -0.340 e. The second kappa shape index (κ2) is 7.84. The monoisotopic (exact) mass is 198 g/mol. The quantitative estimate of drug-likeness (QED) is 0.615. The minimum atomic E-state index is 0.289. The normalized spacial score (nSPS) is 10.6. The van der Waals surface area contributed by atoms with Crippen molar-refractivity contribution < 1.29 is 4.79 Å². The standard InChI is InChI=1S/C12H24NO/c1-5-7-9-12(14)13(11(3)4)10-8-6-2/h11H,1,5-10H2,2-4H3. The summed E-state index contributed by atoms with van der Waals surface area (Å²) in [5, 5.41) is 0. The third-order valence-corrected chi connectivity index (χ3v) is 2.34. The van der Waals surface area contributed by atoms with Gasteiger partial charge in [-0.2, -0.15) is 0 Å². The highest BCUT2D eigenvalue weighted by Crippen LogP contribution is 2.06. The molecule has 0 unspecified atom stereocenters. The summed E-state index contributed by atoms with van der Waals surface area (Å²) in [4.78, 5) is 13.7. The maximum Gasteiger partial charge on any atom is 0.222 e. The molecule has 0 aromatic carbocycles. The number of carbonyl (C=O) groups is 1. The van der Waals surface area contributed by atoms with Crippen molar-refractivity contribution in [2.45, 2.75) is 58.9 Å². The molecule has 0 heterocycles. The number of rotatable bonds is 7. The Kier molecular flexibility index (Phi) is 7.54. The van der Waals surface area contributed by atoms with Crippen molar-refractivity contribution in [3.05, 3.63) is 6.92 Å². The van der Waals surface area contributed by atoms with Gasteiger partial charge in [0.15, 0.2) is 0 Å². The van der Waals surface area contributed by atoms with Gasteiger partial charge in [0.2, 0.25) is 5.91 Å². The van der Waals surface area contributed by atoms with Crippen LogP contribution in [0.3, 0.4) is 0 Å². The molecule has 0 aliphatic carbocycles. The second-order valence-corrected chi connectivity index (χ2v) is 3.99. The number of nitrogens with zero attached hydrogens (tertiary/aromatic N) is 1. The largest absolute Gasteiger partial charge is 0.340 e.